The number of carboxylic acid groups (broad SMARTS) is 1. The third-order valence-corrected chi connectivity index (χ3v) is 5.80. The number of furan rings is 2. The van der Waals surface area contributed by atoms with Crippen LogP contribution in [0.5, 0.6) is 0 Å². The minimum absolute atomic E-state index is 0.0789. The number of carboxylic acids is 1. The minimum Gasteiger partial charge on any atom is -0.481 e. The van der Waals surface area contributed by atoms with E-state index < -0.39 is 11.4 Å². The molecular weight excluding hydrogens is 364 g/mol. The Balaban J connectivity index is 2.13. The van der Waals surface area contributed by atoms with Crippen LogP contribution in [0.1, 0.15) is 108 Å². The van der Waals surface area contributed by atoms with E-state index in [1.807, 2.05) is 31.2 Å². The second-order valence-corrected chi connectivity index (χ2v) is 8.38. The van der Waals surface area contributed by atoms with E-state index in [9.17, 15) is 9.90 Å². The quantitative estimate of drug-likeness (QED) is 0.318. The molecule has 0 saturated carbocycles. The Bertz CT molecular complexity index is 675. The molecule has 1 N–H and O–H groups in total. The van der Waals surface area contributed by atoms with Gasteiger partial charge in [0.15, 0.2) is 0 Å². The van der Waals surface area contributed by atoms with Crippen molar-refractivity contribution in [2.24, 2.45) is 0 Å². The van der Waals surface area contributed by atoms with Crippen molar-refractivity contribution < 1.29 is 18.7 Å². The fraction of sp³-hybridized carbons (Fsp3) is 0.640. The zero-order chi connectivity index (χ0) is 21.1. The van der Waals surface area contributed by atoms with Crippen molar-refractivity contribution in [3.05, 3.63) is 47.3 Å². The molecule has 2 aromatic heterocycles. The van der Waals surface area contributed by atoms with Gasteiger partial charge in [-0.25, -0.2) is 0 Å². The van der Waals surface area contributed by atoms with Crippen molar-refractivity contribution in [3.8, 4) is 0 Å². The molecule has 0 amide bonds. The molecule has 29 heavy (non-hydrogen) atoms. The van der Waals surface area contributed by atoms with Crippen LogP contribution in [0.25, 0.3) is 0 Å². The predicted octanol–water partition coefficient (Wildman–Crippen LogP) is 7.29. The number of aryl methyl sites for hydroxylation is 2. The van der Waals surface area contributed by atoms with Gasteiger partial charge in [-0.2, -0.15) is 0 Å². The lowest BCUT2D eigenvalue weighted by atomic mass is 9.80. The summed E-state index contributed by atoms with van der Waals surface area (Å²) >= 11 is 0. The van der Waals surface area contributed by atoms with Crippen LogP contribution in [-0.2, 0) is 23.1 Å². The molecule has 0 aliphatic rings. The van der Waals surface area contributed by atoms with E-state index in [0.29, 0.717) is 6.42 Å². The molecule has 0 saturated heterocycles. The first kappa shape index (κ1) is 23.3. The van der Waals surface area contributed by atoms with Gasteiger partial charge < -0.3 is 13.9 Å². The minimum atomic E-state index is -0.797. The topological polar surface area (TPSA) is 63.6 Å². The van der Waals surface area contributed by atoms with Crippen molar-refractivity contribution in [1.82, 2.24) is 0 Å². The van der Waals surface area contributed by atoms with Gasteiger partial charge >= 0.3 is 5.97 Å². The molecule has 0 aromatic carbocycles. The molecule has 2 rings (SSSR count). The van der Waals surface area contributed by atoms with Crippen molar-refractivity contribution >= 4 is 5.97 Å². The summed E-state index contributed by atoms with van der Waals surface area (Å²) in [5, 5.41) is 9.25. The van der Waals surface area contributed by atoms with Crippen molar-refractivity contribution in [3.63, 3.8) is 0 Å². The Morgan fingerprint density at radius 1 is 0.828 bits per heavy atom. The second kappa shape index (κ2) is 11.9. The zero-order valence-corrected chi connectivity index (χ0v) is 18.5. The third kappa shape index (κ3) is 7.09. The van der Waals surface area contributed by atoms with E-state index >= 15 is 0 Å². The number of aliphatic carboxylic acids is 1. The average Bonchev–Trinajstić information content (AvgIpc) is 3.37. The van der Waals surface area contributed by atoms with Crippen LogP contribution < -0.4 is 0 Å². The zero-order valence-electron chi connectivity index (χ0n) is 18.5. The van der Waals surface area contributed by atoms with Crippen LogP contribution in [0.15, 0.2) is 33.1 Å². The summed E-state index contributed by atoms with van der Waals surface area (Å²) in [5.41, 5.74) is -0.568. The number of rotatable bonds is 15. The first-order valence-corrected chi connectivity index (χ1v) is 11.4. The molecule has 2 heterocycles. The van der Waals surface area contributed by atoms with Crippen LogP contribution in [0.4, 0.5) is 0 Å². The van der Waals surface area contributed by atoms with E-state index in [1.54, 1.807) is 0 Å². The monoisotopic (exact) mass is 402 g/mol. The molecule has 0 spiro atoms. The highest BCUT2D eigenvalue weighted by Crippen LogP contribution is 2.39. The Morgan fingerprint density at radius 2 is 1.31 bits per heavy atom. The lowest BCUT2D eigenvalue weighted by Crippen LogP contribution is -2.23. The smallest absolute Gasteiger partial charge is 0.303 e. The van der Waals surface area contributed by atoms with Gasteiger partial charge in [0.2, 0.25) is 0 Å². The van der Waals surface area contributed by atoms with Crippen LogP contribution >= 0.6 is 0 Å². The lowest BCUT2D eigenvalue weighted by molar-refractivity contribution is -0.137. The molecule has 0 bridgehead atoms. The maximum atomic E-state index is 11.3. The maximum Gasteiger partial charge on any atom is 0.303 e. The normalized spacial score (nSPS) is 11.8. The summed E-state index contributed by atoms with van der Waals surface area (Å²) in [6.45, 7) is 6.45. The number of carbonyl (C=O) groups is 1. The summed E-state index contributed by atoms with van der Waals surface area (Å²) in [6, 6.07) is 8.07. The van der Waals surface area contributed by atoms with Gasteiger partial charge in [0.05, 0.1) is 5.41 Å². The van der Waals surface area contributed by atoms with Crippen molar-refractivity contribution in [2.75, 3.05) is 0 Å². The number of unbranched alkanes of at least 4 members (excludes halogenated alkanes) is 6. The van der Waals surface area contributed by atoms with Gasteiger partial charge in [-0.1, -0.05) is 52.4 Å². The number of hydrogen-bond acceptors (Lipinski definition) is 3. The van der Waals surface area contributed by atoms with Gasteiger partial charge in [-0.3, -0.25) is 4.79 Å². The third-order valence-electron chi connectivity index (χ3n) is 5.80. The van der Waals surface area contributed by atoms with Crippen LogP contribution in [0.2, 0.25) is 0 Å². The highest BCUT2D eigenvalue weighted by atomic mass is 16.4. The summed E-state index contributed by atoms with van der Waals surface area (Å²) in [5.74, 6) is 2.76. The Morgan fingerprint density at radius 3 is 1.72 bits per heavy atom. The van der Waals surface area contributed by atoms with Gasteiger partial charge in [0.1, 0.15) is 23.0 Å². The van der Waals surface area contributed by atoms with Crippen LogP contribution in [0.3, 0.4) is 0 Å². The maximum absolute atomic E-state index is 11.3. The standard InChI is InChI=1S/C25H38O4/c1-4-6-8-10-12-20-14-16-22(28-20)25(3,19-18-24(26)27)23-17-15-21(29-23)13-11-9-7-5-2/h14-17H,4-13,18-19H2,1-3H3,(H,26,27). The average molecular weight is 403 g/mol. The van der Waals surface area contributed by atoms with E-state index in [-0.39, 0.29) is 6.42 Å². The highest BCUT2D eigenvalue weighted by molar-refractivity contribution is 5.67. The van der Waals surface area contributed by atoms with Gasteiger partial charge in [-0.15, -0.1) is 0 Å². The fourth-order valence-electron chi connectivity index (χ4n) is 3.79. The molecule has 162 valence electrons. The largest absolute Gasteiger partial charge is 0.481 e. The van der Waals surface area contributed by atoms with Crippen molar-refractivity contribution in [1.29, 1.82) is 0 Å². The molecular formula is C25H38O4. The molecule has 4 heteroatoms. The molecule has 0 aliphatic carbocycles. The fourth-order valence-corrected chi connectivity index (χ4v) is 3.79. The predicted molar refractivity (Wildman–Crippen MR) is 116 cm³/mol. The molecule has 0 aliphatic heterocycles. The molecule has 2 aromatic rings. The van der Waals surface area contributed by atoms with E-state index in [0.717, 1.165) is 48.7 Å². The SMILES string of the molecule is CCCCCCc1ccc(C(C)(CCC(=O)O)c2ccc(CCCCCC)o2)o1. The van der Waals surface area contributed by atoms with Gasteiger partial charge in [0.25, 0.3) is 0 Å². The van der Waals surface area contributed by atoms with Gasteiger partial charge in [-0.05, 0) is 50.5 Å². The Labute approximate surface area is 175 Å². The second-order valence-electron chi connectivity index (χ2n) is 8.38. The lowest BCUT2D eigenvalue weighted by Gasteiger charge is -2.24. The summed E-state index contributed by atoms with van der Waals surface area (Å²) in [4.78, 5) is 11.3. The summed E-state index contributed by atoms with van der Waals surface area (Å²) in [7, 11) is 0. The Hall–Kier alpha value is -1.97. The molecule has 0 fully saturated rings. The molecule has 0 atom stereocenters. The van der Waals surface area contributed by atoms with Gasteiger partial charge in [0, 0.05) is 19.3 Å². The van der Waals surface area contributed by atoms with E-state index in [1.165, 1.54) is 38.5 Å². The van der Waals surface area contributed by atoms with E-state index in [2.05, 4.69) is 13.8 Å². The van der Waals surface area contributed by atoms with Crippen LogP contribution in [0, 0.1) is 0 Å². The molecule has 4 nitrogen and oxygen atoms in total. The van der Waals surface area contributed by atoms with Crippen molar-refractivity contribution in [2.45, 2.75) is 103 Å². The summed E-state index contributed by atoms with van der Waals surface area (Å²) < 4.78 is 12.4. The highest BCUT2D eigenvalue weighted by Gasteiger charge is 2.36. The first-order valence-electron chi connectivity index (χ1n) is 11.4. The summed E-state index contributed by atoms with van der Waals surface area (Å²) in [6.07, 6.45) is 12.0. The molecule has 0 unspecified atom stereocenters. The first-order chi connectivity index (χ1) is 14.0. The number of hydrogen-bond donors (Lipinski definition) is 1. The Kier molecular flexibility index (Phi) is 9.56. The van der Waals surface area contributed by atoms with E-state index in [4.69, 9.17) is 8.83 Å². The van der Waals surface area contributed by atoms with Crippen LogP contribution in [-0.4, -0.2) is 11.1 Å². The molecule has 0 radical (unpaired) electrons.